The van der Waals surface area contributed by atoms with Crippen molar-refractivity contribution in [1.82, 2.24) is 9.97 Å². The lowest BCUT2D eigenvalue weighted by atomic mass is 9.91. The first-order valence-electron chi connectivity index (χ1n) is 6.66. The van der Waals surface area contributed by atoms with Gasteiger partial charge in [-0.3, -0.25) is 0 Å². The minimum atomic E-state index is 0.0266. The number of aromatic nitrogens is 2. The standard InChI is InChI=1S/C14H22BrN3/c1-6-16-13-10(15)11(14(3,4)5)17-12(18-13)9-7-8(9)2/h8-9H,6-7H2,1-5H3,(H,16,17,18). The van der Waals surface area contributed by atoms with E-state index in [-0.39, 0.29) is 5.41 Å². The van der Waals surface area contributed by atoms with Gasteiger partial charge < -0.3 is 5.32 Å². The van der Waals surface area contributed by atoms with Gasteiger partial charge in [-0.1, -0.05) is 27.7 Å². The second-order valence-corrected chi connectivity index (χ2v) is 6.99. The summed E-state index contributed by atoms with van der Waals surface area (Å²) in [5.74, 6) is 3.23. The number of halogens is 1. The van der Waals surface area contributed by atoms with Crippen molar-refractivity contribution < 1.29 is 0 Å². The summed E-state index contributed by atoms with van der Waals surface area (Å²) in [5.41, 5.74) is 1.13. The summed E-state index contributed by atoms with van der Waals surface area (Å²) in [4.78, 5) is 9.48. The summed E-state index contributed by atoms with van der Waals surface area (Å²) >= 11 is 3.65. The SMILES string of the molecule is CCNc1nc(C2CC2C)nc(C(C)(C)C)c1Br. The summed E-state index contributed by atoms with van der Waals surface area (Å²) in [6, 6.07) is 0. The molecule has 2 unspecified atom stereocenters. The Morgan fingerprint density at radius 1 is 1.33 bits per heavy atom. The Hall–Kier alpha value is -0.640. The number of hydrogen-bond donors (Lipinski definition) is 1. The molecule has 4 heteroatoms. The Kier molecular flexibility index (Phi) is 3.67. The minimum Gasteiger partial charge on any atom is -0.369 e. The van der Waals surface area contributed by atoms with Crippen molar-refractivity contribution in [3.8, 4) is 0 Å². The normalized spacial score (nSPS) is 23.0. The van der Waals surface area contributed by atoms with Crippen LogP contribution in [0.5, 0.6) is 0 Å². The van der Waals surface area contributed by atoms with Crippen molar-refractivity contribution in [3.05, 3.63) is 16.0 Å². The Balaban J connectivity index is 2.47. The zero-order valence-electron chi connectivity index (χ0n) is 11.8. The molecular formula is C14H22BrN3. The lowest BCUT2D eigenvalue weighted by Crippen LogP contribution is -2.18. The molecule has 1 aliphatic rings. The van der Waals surface area contributed by atoms with Crippen molar-refractivity contribution in [3.63, 3.8) is 0 Å². The fourth-order valence-corrected chi connectivity index (χ4v) is 3.01. The fraction of sp³-hybridized carbons (Fsp3) is 0.714. The van der Waals surface area contributed by atoms with E-state index in [0.717, 1.165) is 34.3 Å². The average molecular weight is 312 g/mol. The van der Waals surface area contributed by atoms with E-state index < -0.39 is 0 Å². The Labute approximate surface area is 118 Å². The van der Waals surface area contributed by atoms with Crippen LogP contribution in [0.25, 0.3) is 0 Å². The van der Waals surface area contributed by atoms with Gasteiger partial charge in [-0.2, -0.15) is 0 Å². The molecule has 18 heavy (non-hydrogen) atoms. The molecule has 1 heterocycles. The minimum absolute atomic E-state index is 0.0266. The molecule has 1 aliphatic carbocycles. The van der Waals surface area contributed by atoms with Gasteiger partial charge in [-0.15, -0.1) is 0 Å². The highest BCUT2D eigenvalue weighted by molar-refractivity contribution is 9.10. The second-order valence-electron chi connectivity index (χ2n) is 6.19. The quantitative estimate of drug-likeness (QED) is 0.913. The van der Waals surface area contributed by atoms with Gasteiger partial charge in [0.25, 0.3) is 0 Å². The Morgan fingerprint density at radius 3 is 2.39 bits per heavy atom. The molecule has 0 aliphatic heterocycles. The summed E-state index contributed by atoms with van der Waals surface area (Å²) in [6.45, 7) is 11.8. The van der Waals surface area contributed by atoms with Crippen molar-refractivity contribution in [1.29, 1.82) is 0 Å². The molecule has 1 saturated carbocycles. The summed E-state index contributed by atoms with van der Waals surface area (Å²) < 4.78 is 1.01. The van der Waals surface area contributed by atoms with E-state index in [1.54, 1.807) is 0 Å². The molecule has 100 valence electrons. The van der Waals surface area contributed by atoms with Gasteiger partial charge in [0.2, 0.25) is 0 Å². The van der Waals surface area contributed by atoms with E-state index in [9.17, 15) is 0 Å². The van der Waals surface area contributed by atoms with Crippen LogP contribution in [0.15, 0.2) is 4.47 Å². The third-order valence-corrected chi connectivity index (χ3v) is 4.12. The predicted octanol–water partition coefficient (Wildman–Crippen LogP) is 4.09. The molecule has 0 saturated heterocycles. The topological polar surface area (TPSA) is 37.8 Å². The number of rotatable bonds is 3. The lowest BCUT2D eigenvalue weighted by Gasteiger charge is -2.22. The van der Waals surface area contributed by atoms with Gasteiger partial charge in [-0.25, -0.2) is 9.97 Å². The number of nitrogens with one attached hydrogen (secondary N) is 1. The van der Waals surface area contributed by atoms with Crippen molar-refractivity contribution in [2.24, 2.45) is 5.92 Å². The zero-order chi connectivity index (χ0) is 13.5. The van der Waals surface area contributed by atoms with E-state index in [2.05, 4.69) is 60.8 Å². The Morgan fingerprint density at radius 2 is 1.94 bits per heavy atom. The number of anilines is 1. The third-order valence-electron chi connectivity index (χ3n) is 3.36. The molecule has 0 aromatic carbocycles. The van der Waals surface area contributed by atoms with Crippen LogP contribution < -0.4 is 5.32 Å². The van der Waals surface area contributed by atoms with E-state index in [1.165, 1.54) is 6.42 Å². The molecule has 0 amide bonds. The van der Waals surface area contributed by atoms with Crippen LogP contribution in [-0.4, -0.2) is 16.5 Å². The van der Waals surface area contributed by atoms with E-state index in [1.807, 2.05) is 0 Å². The highest BCUT2D eigenvalue weighted by atomic mass is 79.9. The number of hydrogen-bond acceptors (Lipinski definition) is 3. The largest absolute Gasteiger partial charge is 0.369 e. The van der Waals surface area contributed by atoms with Crippen molar-refractivity contribution in [2.75, 3.05) is 11.9 Å². The Bertz CT molecular complexity index is 451. The third kappa shape index (κ3) is 2.68. The van der Waals surface area contributed by atoms with Crippen LogP contribution in [0.2, 0.25) is 0 Å². The smallest absolute Gasteiger partial charge is 0.144 e. The molecule has 2 atom stereocenters. The van der Waals surface area contributed by atoms with Crippen LogP contribution in [0.3, 0.4) is 0 Å². The molecule has 2 rings (SSSR count). The van der Waals surface area contributed by atoms with Crippen LogP contribution in [0.1, 0.15) is 58.5 Å². The monoisotopic (exact) mass is 311 g/mol. The van der Waals surface area contributed by atoms with Crippen LogP contribution in [0.4, 0.5) is 5.82 Å². The highest BCUT2D eigenvalue weighted by Crippen LogP contribution is 2.46. The molecule has 1 aromatic heterocycles. The average Bonchev–Trinajstić information content (AvgIpc) is 2.97. The molecule has 0 spiro atoms. The summed E-state index contributed by atoms with van der Waals surface area (Å²) in [5, 5.41) is 3.33. The van der Waals surface area contributed by atoms with Crippen LogP contribution in [-0.2, 0) is 5.41 Å². The molecule has 0 radical (unpaired) electrons. The van der Waals surface area contributed by atoms with Gasteiger partial charge >= 0.3 is 0 Å². The van der Waals surface area contributed by atoms with Crippen molar-refractivity contribution in [2.45, 2.75) is 52.4 Å². The molecule has 1 aromatic rings. The van der Waals surface area contributed by atoms with E-state index in [4.69, 9.17) is 4.98 Å². The van der Waals surface area contributed by atoms with Gasteiger partial charge in [0.05, 0.1) is 10.2 Å². The first-order valence-corrected chi connectivity index (χ1v) is 7.45. The first kappa shape index (κ1) is 13.8. The maximum Gasteiger partial charge on any atom is 0.144 e. The van der Waals surface area contributed by atoms with Gasteiger partial charge in [0.1, 0.15) is 11.6 Å². The number of nitrogens with zero attached hydrogens (tertiary/aromatic N) is 2. The molecule has 3 nitrogen and oxygen atoms in total. The predicted molar refractivity (Wildman–Crippen MR) is 79.1 cm³/mol. The van der Waals surface area contributed by atoms with Gasteiger partial charge in [0, 0.05) is 17.9 Å². The summed E-state index contributed by atoms with van der Waals surface area (Å²) in [7, 11) is 0. The lowest BCUT2D eigenvalue weighted by molar-refractivity contribution is 0.558. The molecule has 1 fully saturated rings. The van der Waals surface area contributed by atoms with Gasteiger partial charge in [0.15, 0.2) is 0 Å². The fourth-order valence-electron chi connectivity index (χ4n) is 2.09. The van der Waals surface area contributed by atoms with E-state index >= 15 is 0 Å². The molecule has 0 bridgehead atoms. The first-order chi connectivity index (χ1) is 8.34. The molecule has 1 N–H and O–H groups in total. The van der Waals surface area contributed by atoms with Crippen molar-refractivity contribution >= 4 is 21.7 Å². The van der Waals surface area contributed by atoms with Crippen LogP contribution >= 0.6 is 15.9 Å². The second kappa shape index (κ2) is 4.80. The maximum atomic E-state index is 4.80. The maximum absolute atomic E-state index is 4.80. The molecular weight excluding hydrogens is 290 g/mol. The highest BCUT2D eigenvalue weighted by Gasteiger charge is 2.38. The van der Waals surface area contributed by atoms with Gasteiger partial charge in [-0.05, 0) is 35.2 Å². The summed E-state index contributed by atoms with van der Waals surface area (Å²) in [6.07, 6.45) is 1.22. The van der Waals surface area contributed by atoms with E-state index in [0.29, 0.717) is 5.92 Å². The van der Waals surface area contributed by atoms with Crippen LogP contribution in [0, 0.1) is 5.92 Å². The zero-order valence-corrected chi connectivity index (χ0v) is 13.4.